The minimum absolute atomic E-state index is 0.167. The van der Waals surface area contributed by atoms with Crippen molar-refractivity contribution < 1.29 is 13.2 Å². The number of halogens is 3. The third kappa shape index (κ3) is 3.03. The quantitative estimate of drug-likeness (QED) is 0.832. The zero-order valence-electron chi connectivity index (χ0n) is 11.2. The molecule has 1 saturated heterocycles. The molecule has 6 heteroatoms. The Bertz CT molecular complexity index is 519. The lowest BCUT2D eigenvalue weighted by molar-refractivity contribution is -0.141. The Morgan fingerprint density at radius 1 is 1.45 bits per heavy atom. The van der Waals surface area contributed by atoms with Crippen LogP contribution in [0.2, 0.25) is 0 Å². The van der Waals surface area contributed by atoms with E-state index in [1.54, 1.807) is 0 Å². The van der Waals surface area contributed by atoms with Gasteiger partial charge in [0, 0.05) is 13.1 Å². The van der Waals surface area contributed by atoms with Gasteiger partial charge in [-0.1, -0.05) is 13.3 Å². The smallest absolute Gasteiger partial charge is 0.355 e. The summed E-state index contributed by atoms with van der Waals surface area (Å²) < 4.78 is 38.2. The number of pyridine rings is 1. The molecule has 0 bridgehead atoms. The molecule has 1 aromatic rings. The second kappa shape index (κ2) is 5.70. The number of hydrogen-bond acceptors (Lipinski definition) is 3. The van der Waals surface area contributed by atoms with Crippen LogP contribution in [0.25, 0.3) is 0 Å². The zero-order valence-corrected chi connectivity index (χ0v) is 11.2. The highest BCUT2D eigenvalue weighted by molar-refractivity contribution is 5.54. The van der Waals surface area contributed by atoms with Crippen LogP contribution in [0.4, 0.5) is 19.0 Å². The maximum atomic E-state index is 12.7. The van der Waals surface area contributed by atoms with Crippen molar-refractivity contribution in [3.63, 3.8) is 0 Å². The molecule has 2 heterocycles. The van der Waals surface area contributed by atoms with E-state index in [4.69, 9.17) is 5.26 Å². The second-order valence-electron chi connectivity index (χ2n) is 5.04. The molecule has 1 atom stereocenters. The van der Waals surface area contributed by atoms with Gasteiger partial charge in [-0.3, -0.25) is 0 Å². The van der Waals surface area contributed by atoms with Crippen LogP contribution in [0.1, 0.15) is 37.4 Å². The first-order valence-corrected chi connectivity index (χ1v) is 6.69. The van der Waals surface area contributed by atoms with Crippen molar-refractivity contribution in [3.05, 3.63) is 23.4 Å². The molecular weight excluding hydrogens is 267 g/mol. The zero-order chi connectivity index (χ0) is 14.8. The van der Waals surface area contributed by atoms with Gasteiger partial charge in [0.25, 0.3) is 0 Å². The van der Waals surface area contributed by atoms with Gasteiger partial charge in [-0.2, -0.15) is 18.4 Å². The maximum absolute atomic E-state index is 12.7. The van der Waals surface area contributed by atoms with Gasteiger partial charge in [0.15, 0.2) is 0 Å². The molecule has 0 N–H and O–H groups in total. The van der Waals surface area contributed by atoms with E-state index in [-0.39, 0.29) is 11.4 Å². The Labute approximate surface area is 116 Å². The summed E-state index contributed by atoms with van der Waals surface area (Å²) in [5, 5.41) is 9.07. The molecule has 2 rings (SSSR count). The number of alkyl halides is 3. The van der Waals surface area contributed by atoms with Crippen molar-refractivity contribution in [3.8, 4) is 6.07 Å². The van der Waals surface area contributed by atoms with Crippen molar-refractivity contribution in [1.29, 1.82) is 5.26 Å². The highest BCUT2D eigenvalue weighted by Gasteiger charge is 2.34. The fourth-order valence-corrected chi connectivity index (χ4v) is 2.53. The van der Waals surface area contributed by atoms with Crippen LogP contribution < -0.4 is 4.90 Å². The lowest BCUT2D eigenvalue weighted by atomic mass is 9.95. The number of aromatic nitrogens is 1. The van der Waals surface area contributed by atoms with E-state index in [1.165, 1.54) is 6.07 Å². The van der Waals surface area contributed by atoms with Crippen molar-refractivity contribution in [2.24, 2.45) is 5.92 Å². The minimum atomic E-state index is -4.48. The molecule has 0 radical (unpaired) electrons. The van der Waals surface area contributed by atoms with Gasteiger partial charge in [0.2, 0.25) is 0 Å². The molecule has 0 aromatic carbocycles. The summed E-state index contributed by atoms with van der Waals surface area (Å²) in [6, 6.07) is 4.01. The average molecular weight is 283 g/mol. The van der Waals surface area contributed by atoms with Crippen molar-refractivity contribution >= 4 is 5.82 Å². The van der Waals surface area contributed by atoms with E-state index in [1.807, 2.05) is 11.0 Å². The van der Waals surface area contributed by atoms with Crippen molar-refractivity contribution in [2.75, 3.05) is 18.0 Å². The standard InChI is InChI=1S/C14H16F3N3/c1-2-10-4-3-7-20(9-10)13-11(8-18)5-6-12(19-13)14(15,16)17/h5-6,10H,2-4,7,9H2,1H3. The third-order valence-corrected chi connectivity index (χ3v) is 3.68. The van der Waals surface area contributed by atoms with Gasteiger partial charge in [0.05, 0.1) is 5.56 Å². The first kappa shape index (κ1) is 14.6. The molecular formula is C14H16F3N3. The van der Waals surface area contributed by atoms with Gasteiger partial charge in [0.1, 0.15) is 17.6 Å². The molecule has 1 aliphatic rings. The molecule has 0 aliphatic carbocycles. The van der Waals surface area contributed by atoms with Gasteiger partial charge in [-0.15, -0.1) is 0 Å². The van der Waals surface area contributed by atoms with Crippen LogP contribution in [0.15, 0.2) is 12.1 Å². The summed E-state index contributed by atoms with van der Waals surface area (Å²) in [6.07, 6.45) is -1.50. The maximum Gasteiger partial charge on any atom is 0.433 e. The van der Waals surface area contributed by atoms with Crippen LogP contribution in [0, 0.1) is 17.2 Å². The summed E-state index contributed by atoms with van der Waals surface area (Å²) in [6.45, 7) is 3.39. The van der Waals surface area contributed by atoms with Crippen LogP contribution >= 0.6 is 0 Å². The van der Waals surface area contributed by atoms with Crippen molar-refractivity contribution in [2.45, 2.75) is 32.4 Å². The summed E-state index contributed by atoms with van der Waals surface area (Å²) in [5.41, 5.74) is -0.736. The minimum Gasteiger partial charge on any atom is -0.355 e. The third-order valence-electron chi connectivity index (χ3n) is 3.68. The molecule has 0 amide bonds. The topological polar surface area (TPSA) is 39.9 Å². The molecule has 1 aliphatic heterocycles. The average Bonchev–Trinajstić information content (AvgIpc) is 2.45. The summed E-state index contributed by atoms with van der Waals surface area (Å²) in [4.78, 5) is 5.50. The predicted molar refractivity (Wildman–Crippen MR) is 69.2 cm³/mol. The van der Waals surface area contributed by atoms with E-state index in [2.05, 4.69) is 11.9 Å². The Kier molecular flexibility index (Phi) is 4.17. The number of piperidine rings is 1. The molecule has 1 unspecified atom stereocenters. The number of nitrogens with zero attached hydrogens (tertiary/aromatic N) is 3. The van der Waals surface area contributed by atoms with Crippen LogP contribution in [-0.4, -0.2) is 18.1 Å². The van der Waals surface area contributed by atoms with Crippen LogP contribution in [0.3, 0.4) is 0 Å². The fourth-order valence-electron chi connectivity index (χ4n) is 2.53. The largest absolute Gasteiger partial charge is 0.433 e. The molecule has 108 valence electrons. The highest BCUT2D eigenvalue weighted by Crippen LogP contribution is 2.32. The Hall–Kier alpha value is -1.77. The van der Waals surface area contributed by atoms with E-state index in [9.17, 15) is 13.2 Å². The van der Waals surface area contributed by atoms with Gasteiger partial charge < -0.3 is 4.90 Å². The molecule has 0 spiro atoms. The highest BCUT2D eigenvalue weighted by atomic mass is 19.4. The van der Waals surface area contributed by atoms with Crippen molar-refractivity contribution in [1.82, 2.24) is 4.98 Å². The Balaban J connectivity index is 2.36. The first-order valence-electron chi connectivity index (χ1n) is 6.69. The monoisotopic (exact) mass is 283 g/mol. The summed E-state index contributed by atoms with van der Waals surface area (Å²) in [5.74, 6) is 0.618. The number of anilines is 1. The summed E-state index contributed by atoms with van der Waals surface area (Å²) >= 11 is 0. The Morgan fingerprint density at radius 3 is 2.80 bits per heavy atom. The first-order chi connectivity index (χ1) is 9.45. The Morgan fingerprint density at radius 2 is 2.20 bits per heavy atom. The summed E-state index contributed by atoms with van der Waals surface area (Å²) in [7, 11) is 0. The second-order valence-corrected chi connectivity index (χ2v) is 5.04. The molecule has 0 saturated carbocycles. The van der Waals surface area contributed by atoms with E-state index in [0.29, 0.717) is 19.0 Å². The fraction of sp³-hybridized carbons (Fsp3) is 0.571. The van der Waals surface area contributed by atoms with Gasteiger partial charge >= 0.3 is 6.18 Å². The number of hydrogen-bond donors (Lipinski definition) is 0. The lowest BCUT2D eigenvalue weighted by Gasteiger charge is -2.33. The van der Waals surface area contributed by atoms with Crippen LogP contribution in [0.5, 0.6) is 0 Å². The van der Waals surface area contributed by atoms with Gasteiger partial charge in [-0.05, 0) is 30.9 Å². The normalized spacial score (nSPS) is 19.8. The van der Waals surface area contributed by atoms with E-state index in [0.717, 1.165) is 25.3 Å². The molecule has 1 aromatic heterocycles. The number of rotatable bonds is 2. The predicted octanol–water partition coefficient (Wildman–Crippen LogP) is 3.60. The lowest BCUT2D eigenvalue weighted by Crippen LogP contribution is -2.36. The number of nitriles is 1. The molecule has 20 heavy (non-hydrogen) atoms. The SMILES string of the molecule is CCC1CCCN(c2nc(C(F)(F)F)ccc2C#N)C1. The van der Waals surface area contributed by atoms with Gasteiger partial charge in [-0.25, -0.2) is 4.98 Å². The van der Waals surface area contributed by atoms with E-state index < -0.39 is 11.9 Å². The molecule has 1 fully saturated rings. The van der Waals surface area contributed by atoms with E-state index >= 15 is 0 Å². The molecule has 3 nitrogen and oxygen atoms in total. The van der Waals surface area contributed by atoms with Crippen LogP contribution in [-0.2, 0) is 6.18 Å².